The lowest BCUT2D eigenvalue weighted by Gasteiger charge is -2.19. The first-order valence-electron chi connectivity index (χ1n) is 10.3. The van der Waals surface area contributed by atoms with Gasteiger partial charge < -0.3 is 10.1 Å². The quantitative estimate of drug-likeness (QED) is 0.402. The van der Waals surface area contributed by atoms with Crippen LogP contribution in [0.25, 0.3) is 21.9 Å². The summed E-state index contributed by atoms with van der Waals surface area (Å²) in [6, 6.07) is 21.8. The SMILES string of the molecule is CNC(=O)c1ccc(Cn2c(C(=O)OC)c(-c3ccccc3)c3cc(Br)ccc3c2=O)cc1. The van der Waals surface area contributed by atoms with Crippen LogP contribution >= 0.6 is 15.9 Å². The number of carbonyl (C=O) groups excluding carboxylic acids is 2. The predicted octanol–water partition coefficient (Wildman–Crippen LogP) is 4.63. The highest BCUT2D eigenvalue weighted by molar-refractivity contribution is 9.10. The molecule has 166 valence electrons. The lowest BCUT2D eigenvalue weighted by atomic mass is 9.96. The second-order valence-corrected chi connectivity index (χ2v) is 8.35. The van der Waals surface area contributed by atoms with Crippen molar-refractivity contribution in [2.24, 2.45) is 0 Å². The molecule has 0 unspecified atom stereocenters. The predicted molar refractivity (Wildman–Crippen MR) is 132 cm³/mol. The van der Waals surface area contributed by atoms with Gasteiger partial charge in [0.1, 0.15) is 5.69 Å². The van der Waals surface area contributed by atoms with Crippen LogP contribution in [-0.2, 0) is 11.3 Å². The van der Waals surface area contributed by atoms with Crippen molar-refractivity contribution in [2.75, 3.05) is 14.2 Å². The van der Waals surface area contributed by atoms with E-state index in [9.17, 15) is 14.4 Å². The van der Waals surface area contributed by atoms with Crippen molar-refractivity contribution in [3.8, 4) is 11.1 Å². The van der Waals surface area contributed by atoms with Gasteiger partial charge in [0, 0.05) is 28.0 Å². The Bertz CT molecular complexity index is 1410. The number of fused-ring (bicyclic) bond motifs is 1. The zero-order valence-electron chi connectivity index (χ0n) is 18.1. The van der Waals surface area contributed by atoms with Crippen LogP contribution in [0.1, 0.15) is 26.4 Å². The van der Waals surface area contributed by atoms with Crippen molar-refractivity contribution >= 4 is 38.6 Å². The van der Waals surface area contributed by atoms with Crippen molar-refractivity contribution in [1.29, 1.82) is 0 Å². The average molecular weight is 505 g/mol. The van der Waals surface area contributed by atoms with Crippen LogP contribution in [0, 0.1) is 0 Å². The van der Waals surface area contributed by atoms with Gasteiger partial charge in [-0.3, -0.25) is 14.2 Å². The lowest BCUT2D eigenvalue weighted by Crippen LogP contribution is -2.28. The van der Waals surface area contributed by atoms with Gasteiger partial charge in [0.25, 0.3) is 11.5 Å². The maximum Gasteiger partial charge on any atom is 0.355 e. The summed E-state index contributed by atoms with van der Waals surface area (Å²) < 4.78 is 7.35. The van der Waals surface area contributed by atoms with Crippen molar-refractivity contribution in [2.45, 2.75) is 6.54 Å². The number of halogens is 1. The van der Waals surface area contributed by atoms with Crippen molar-refractivity contribution in [1.82, 2.24) is 9.88 Å². The smallest absolute Gasteiger partial charge is 0.355 e. The number of methoxy groups -OCH3 is 1. The minimum atomic E-state index is -0.602. The zero-order valence-corrected chi connectivity index (χ0v) is 19.7. The van der Waals surface area contributed by atoms with Crippen molar-refractivity contribution in [3.05, 3.63) is 104 Å². The number of esters is 1. The molecule has 0 saturated heterocycles. The first kappa shape index (κ1) is 22.5. The fourth-order valence-electron chi connectivity index (χ4n) is 3.86. The number of carbonyl (C=O) groups is 2. The summed E-state index contributed by atoms with van der Waals surface area (Å²) in [5, 5.41) is 3.73. The first-order chi connectivity index (χ1) is 15.9. The van der Waals surface area contributed by atoms with Crippen LogP contribution in [-0.4, -0.2) is 30.6 Å². The van der Waals surface area contributed by atoms with E-state index < -0.39 is 5.97 Å². The molecule has 0 aliphatic carbocycles. The van der Waals surface area contributed by atoms with E-state index >= 15 is 0 Å². The minimum absolute atomic E-state index is 0.142. The van der Waals surface area contributed by atoms with Gasteiger partial charge in [-0.2, -0.15) is 0 Å². The molecule has 0 radical (unpaired) electrons. The van der Waals surface area contributed by atoms with E-state index in [1.54, 1.807) is 43.4 Å². The molecule has 7 heteroatoms. The first-order valence-corrected chi connectivity index (χ1v) is 11.0. The highest BCUT2D eigenvalue weighted by Crippen LogP contribution is 2.33. The number of nitrogens with one attached hydrogen (secondary N) is 1. The Kier molecular flexibility index (Phi) is 6.42. The number of hydrogen-bond acceptors (Lipinski definition) is 4. The molecule has 0 aliphatic heterocycles. The Morgan fingerprint density at radius 3 is 2.30 bits per heavy atom. The molecule has 33 heavy (non-hydrogen) atoms. The van der Waals surface area contributed by atoms with E-state index in [0.29, 0.717) is 21.9 Å². The van der Waals surface area contributed by atoms with Gasteiger partial charge in [0.15, 0.2) is 0 Å². The van der Waals surface area contributed by atoms with Crippen molar-refractivity contribution < 1.29 is 14.3 Å². The van der Waals surface area contributed by atoms with Gasteiger partial charge in [0.05, 0.1) is 13.7 Å². The Hall–Kier alpha value is -3.71. The molecule has 0 spiro atoms. The Balaban J connectivity index is 2.00. The molecule has 0 bridgehead atoms. The summed E-state index contributed by atoms with van der Waals surface area (Å²) in [4.78, 5) is 38.5. The van der Waals surface area contributed by atoms with Gasteiger partial charge in [-0.15, -0.1) is 0 Å². The van der Waals surface area contributed by atoms with E-state index in [0.717, 1.165) is 15.6 Å². The van der Waals surface area contributed by atoms with Crippen LogP contribution in [0.15, 0.2) is 82.1 Å². The van der Waals surface area contributed by atoms with Gasteiger partial charge in [-0.25, -0.2) is 4.79 Å². The van der Waals surface area contributed by atoms with Gasteiger partial charge in [-0.1, -0.05) is 58.4 Å². The number of nitrogens with zero attached hydrogens (tertiary/aromatic N) is 1. The average Bonchev–Trinajstić information content (AvgIpc) is 2.85. The minimum Gasteiger partial charge on any atom is -0.464 e. The van der Waals surface area contributed by atoms with E-state index in [-0.39, 0.29) is 23.7 Å². The van der Waals surface area contributed by atoms with Crippen LogP contribution in [0.3, 0.4) is 0 Å². The van der Waals surface area contributed by atoms with E-state index in [4.69, 9.17) is 4.74 Å². The summed E-state index contributed by atoms with van der Waals surface area (Å²) in [7, 11) is 2.87. The Morgan fingerprint density at radius 1 is 0.970 bits per heavy atom. The molecule has 0 aliphatic rings. The molecule has 1 aromatic heterocycles. The van der Waals surface area contributed by atoms with Gasteiger partial charge in [0.2, 0.25) is 0 Å². The van der Waals surface area contributed by atoms with E-state index in [1.165, 1.54) is 11.7 Å². The summed E-state index contributed by atoms with van der Waals surface area (Å²) in [6.07, 6.45) is 0. The number of ether oxygens (including phenoxy) is 1. The number of benzene rings is 3. The largest absolute Gasteiger partial charge is 0.464 e. The number of hydrogen-bond donors (Lipinski definition) is 1. The second-order valence-electron chi connectivity index (χ2n) is 7.44. The Morgan fingerprint density at radius 2 is 1.67 bits per heavy atom. The van der Waals surface area contributed by atoms with Crippen molar-refractivity contribution in [3.63, 3.8) is 0 Å². The standard InChI is InChI=1S/C26H21BrN2O4/c1-28-24(30)18-10-8-16(9-11-18)15-29-23(26(32)33-2)22(17-6-4-3-5-7-17)21-14-19(27)12-13-20(21)25(29)31/h3-14H,15H2,1-2H3,(H,28,30). The Labute approximate surface area is 198 Å². The molecule has 1 N–H and O–H groups in total. The molecule has 4 rings (SSSR count). The normalized spacial score (nSPS) is 10.8. The molecule has 3 aromatic carbocycles. The number of rotatable bonds is 5. The topological polar surface area (TPSA) is 77.4 Å². The third-order valence-electron chi connectivity index (χ3n) is 5.46. The van der Waals surface area contributed by atoms with Gasteiger partial charge >= 0.3 is 5.97 Å². The molecule has 0 fully saturated rings. The second kappa shape index (κ2) is 9.42. The highest BCUT2D eigenvalue weighted by Gasteiger charge is 2.24. The van der Waals surface area contributed by atoms with Crippen LogP contribution in [0.5, 0.6) is 0 Å². The molecule has 1 amide bonds. The number of aromatic nitrogens is 1. The molecular weight excluding hydrogens is 484 g/mol. The van der Waals surface area contributed by atoms with E-state index in [1.807, 2.05) is 36.4 Å². The summed E-state index contributed by atoms with van der Waals surface area (Å²) in [5.41, 5.74) is 2.58. The van der Waals surface area contributed by atoms with Crippen LogP contribution < -0.4 is 10.9 Å². The van der Waals surface area contributed by atoms with Crippen LogP contribution in [0.4, 0.5) is 0 Å². The molecule has 1 heterocycles. The summed E-state index contributed by atoms with van der Waals surface area (Å²) in [6.45, 7) is 0.142. The summed E-state index contributed by atoms with van der Waals surface area (Å²) in [5.74, 6) is -0.800. The van der Waals surface area contributed by atoms with E-state index in [2.05, 4.69) is 21.2 Å². The van der Waals surface area contributed by atoms with Gasteiger partial charge in [-0.05, 0) is 46.8 Å². The molecule has 4 aromatic rings. The fraction of sp³-hybridized carbons (Fsp3) is 0.115. The fourth-order valence-corrected chi connectivity index (χ4v) is 4.23. The van der Waals surface area contributed by atoms with Crippen LogP contribution in [0.2, 0.25) is 0 Å². The molecule has 0 saturated carbocycles. The lowest BCUT2D eigenvalue weighted by molar-refractivity contribution is 0.0588. The summed E-state index contributed by atoms with van der Waals surface area (Å²) >= 11 is 3.48. The maximum atomic E-state index is 13.6. The third-order valence-corrected chi connectivity index (χ3v) is 5.95. The number of amides is 1. The zero-order chi connectivity index (χ0) is 23.5. The molecule has 6 nitrogen and oxygen atoms in total. The maximum absolute atomic E-state index is 13.6. The monoisotopic (exact) mass is 504 g/mol. The number of pyridine rings is 1. The molecular formula is C26H21BrN2O4. The molecule has 0 atom stereocenters. The third kappa shape index (κ3) is 4.32. The highest BCUT2D eigenvalue weighted by atomic mass is 79.9.